The highest BCUT2D eigenvalue weighted by Gasteiger charge is 2.04. The molecule has 3 nitrogen and oxygen atoms in total. The summed E-state index contributed by atoms with van der Waals surface area (Å²) in [6.45, 7) is 0.00252. The molecular formula is C15H14N2O. The Kier molecular flexibility index (Phi) is 2.82. The highest BCUT2D eigenvalue weighted by molar-refractivity contribution is 5.85. The number of H-pyrrole nitrogens is 1. The van der Waals surface area contributed by atoms with Crippen LogP contribution < -0.4 is 0 Å². The van der Waals surface area contributed by atoms with Crippen LogP contribution in [0.2, 0.25) is 0 Å². The molecule has 0 bridgehead atoms. The Labute approximate surface area is 105 Å². The second-order valence-electron chi connectivity index (χ2n) is 4.33. The molecule has 90 valence electrons. The molecule has 0 amide bonds. The van der Waals surface area contributed by atoms with Crippen molar-refractivity contribution in [1.29, 1.82) is 0 Å². The van der Waals surface area contributed by atoms with Gasteiger partial charge in [0.1, 0.15) is 5.82 Å². The highest BCUT2D eigenvalue weighted by Crippen LogP contribution is 2.20. The van der Waals surface area contributed by atoms with E-state index < -0.39 is 0 Å². The van der Waals surface area contributed by atoms with Crippen LogP contribution in [0.1, 0.15) is 17.1 Å². The molecule has 0 radical (unpaired) electrons. The van der Waals surface area contributed by atoms with Gasteiger partial charge in [-0.05, 0) is 16.3 Å². The highest BCUT2D eigenvalue weighted by atomic mass is 16.3. The fraction of sp³-hybridized carbons (Fsp3) is 0.133. The fourth-order valence-electron chi connectivity index (χ4n) is 2.20. The van der Waals surface area contributed by atoms with Gasteiger partial charge in [0.05, 0.1) is 18.5 Å². The van der Waals surface area contributed by atoms with Crippen LogP contribution in [0.5, 0.6) is 0 Å². The van der Waals surface area contributed by atoms with E-state index in [0.29, 0.717) is 0 Å². The molecule has 0 unspecified atom stereocenters. The van der Waals surface area contributed by atoms with Crippen molar-refractivity contribution in [1.82, 2.24) is 9.97 Å². The third-order valence-electron chi connectivity index (χ3n) is 3.09. The summed E-state index contributed by atoms with van der Waals surface area (Å²) in [7, 11) is 0. The Morgan fingerprint density at radius 3 is 2.72 bits per heavy atom. The molecule has 1 heterocycles. The molecular weight excluding hydrogens is 224 g/mol. The molecule has 0 aliphatic carbocycles. The number of hydrogen-bond donors (Lipinski definition) is 2. The summed E-state index contributed by atoms with van der Waals surface area (Å²) >= 11 is 0. The van der Waals surface area contributed by atoms with Crippen LogP contribution >= 0.6 is 0 Å². The maximum atomic E-state index is 9.02. The Hall–Kier alpha value is -2.13. The molecule has 0 saturated carbocycles. The second-order valence-corrected chi connectivity index (χ2v) is 4.33. The van der Waals surface area contributed by atoms with Crippen molar-refractivity contribution in [2.45, 2.75) is 13.0 Å². The van der Waals surface area contributed by atoms with Gasteiger partial charge in [-0.1, -0.05) is 42.5 Å². The number of imidazole rings is 1. The van der Waals surface area contributed by atoms with Crippen molar-refractivity contribution in [3.05, 3.63) is 65.7 Å². The minimum Gasteiger partial charge on any atom is -0.390 e. The van der Waals surface area contributed by atoms with E-state index in [4.69, 9.17) is 5.11 Å². The van der Waals surface area contributed by atoms with E-state index in [9.17, 15) is 0 Å². The van der Waals surface area contributed by atoms with Crippen LogP contribution in [0.15, 0.2) is 48.7 Å². The molecule has 2 N–H and O–H groups in total. The Bertz CT molecular complexity index is 668. The first kappa shape index (κ1) is 11.0. The average molecular weight is 238 g/mol. The Morgan fingerprint density at radius 1 is 1.06 bits per heavy atom. The van der Waals surface area contributed by atoms with Gasteiger partial charge in [-0.2, -0.15) is 0 Å². The van der Waals surface area contributed by atoms with Crippen molar-refractivity contribution in [3.8, 4) is 0 Å². The number of rotatable bonds is 3. The maximum Gasteiger partial charge on any atom is 0.110 e. The fourth-order valence-corrected chi connectivity index (χ4v) is 2.20. The van der Waals surface area contributed by atoms with E-state index in [2.05, 4.69) is 40.3 Å². The maximum absolute atomic E-state index is 9.02. The minimum atomic E-state index is 0.00252. The molecule has 1 aromatic heterocycles. The summed E-state index contributed by atoms with van der Waals surface area (Å²) in [5.74, 6) is 0.885. The number of nitrogens with one attached hydrogen (secondary N) is 1. The number of fused-ring (bicyclic) bond motifs is 1. The Balaban J connectivity index is 1.99. The van der Waals surface area contributed by atoms with Crippen LogP contribution in [-0.2, 0) is 13.0 Å². The van der Waals surface area contributed by atoms with Crippen LogP contribution in [0.4, 0.5) is 0 Å². The lowest BCUT2D eigenvalue weighted by molar-refractivity contribution is 0.277. The molecule has 0 aliphatic heterocycles. The minimum absolute atomic E-state index is 0.00252. The van der Waals surface area contributed by atoms with E-state index >= 15 is 0 Å². The van der Waals surface area contributed by atoms with E-state index in [0.717, 1.165) is 17.9 Å². The second kappa shape index (κ2) is 4.63. The molecule has 0 atom stereocenters. The lowest BCUT2D eigenvalue weighted by Crippen LogP contribution is -1.92. The largest absolute Gasteiger partial charge is 0.390 e. The summed E-state index contributed by atoms with van der Waals surface area (Å²) in [6, 6.07) is 14.6. The number of aliphatic hydroxyl groups excluding tert-OH is 1. The summed E-state index contributed by atoms with van der Waals surface area (Å²) in [5, 5.41) is 11.5. The topological polar surface area (TPSA) is 48.9 Å². The van der Waals surface area contributed by atoms with Gasteiger partial charge in [0.2, 0.25) is 0 Å². The SMILES string of the molecule is OCc1cnc(Cc2cccc3ccccc23)[nH]1. The summed E-state index contributed by atoms with van der Waals surface area (Å²) < 4.78 is 0. The summed E-state index contributed by atoms with van der Waals surface area (Å²) in [6.07, 6.45) is 2.43. The first-order valence-corrected chi connectivity index (χ1v) is 5.97. The third kappa shape index (κ3) is 2.00. The molecule has 3 rings (SSSR count). The predicted molar refractivity (Wildman–Crippen MR) is 71.3 cm³/mol. The molecule has 0 saturated heterocycles. The molecule has 0 fully saturated rings. The summed E-state index contributed by atoms with van der Waals surface area (Å²) in [5.41, 5.74) is 2.00. The van der Waals surface area contributed by atoms with E-state index in [-0.39, 0.29) is 6.61 Å². The number of hydrogen-bond acceptors (Lipinski definition) is 2. The van der Waals surface area contributed by atoms with Crippen molar-refractivity contribution in [2.75, 3.05) is 0 Å². The first-order chi connectivity index (χ1) is 8.86. The molecule has 2 aromatic carbocycles. The molecule has 18 heavy (non-hydrogen) atoms. The van der Waals surface area contributed by atoms with E-state index in [1.54, 1.807) is 6.20 Å². The quantitative estimate of drug-likeness (QED) is 0.737. The summed E-state index contributed by atoms with van der Waals surface area (Å²) in [4.78, 5) is 7.39. The van der Waals surface area contributed by atoms with Gasteiger partial charge in [0, 0.05) is 6.42 Å². The van der Waals surface area contributed by atoms with E-state index in [1.165, 1.54) is 16.3 Å². The normalized spacial score (nSPS) is 10.9. The molecule has 0 aliphatic rings. The number of aromatic amines is 1. The lowest BCUT2D eigenvalue weighted by Gasteiger charge is -2.04. The number of nitrogens with zero attached hydrogens (tertiary/aromatic N) is 1. The smallest absolute Gasteiger partial charge is 0.110 e. The van der Waals surface area contributed by atoms with Gasteiger partial charge in [0.25, 0.3) is 0 Å². The molecule has 0 spiro atoms. The zero-order valence-corrected chi connectivity index (χ0v) is 9.93. The van der Waals surface area contributed by atoms with Gasteiger partial charge >= 0.3 is 0 Å². The average Bonchev–Trinajstić information content (AvgIpc) is 2.87. The van der Waals surface area contributed by atoms with Gasteiger partial charge in [0.15, 0.2) is 0 Å². The van der Waals surface area contributed by atoms with Crippen LogP contribution in [0.25, 0.3) is 10.8 Å². The van der Waals surface area contributed by atoms with Crippen molar-refractivity contribution in [3.63, 3.8) is 0 Å². The molecule has 3 aromatic rings. The number of aromatic nitrogens is 2. The van der Waals surface area contributed by atoms with Gasteiger partial charge in [-0.3, -0.25) is 0 Å². The number of benzene rings is 2. The van der Waals surface area contributed by atoms with Crippen molar-refractivity contribution >= 4 is 10.8 Å². The van der Waals surface area contributed by atoms with Gasteiger partial charge in [-0.15, -0.1) is 0 Å². The van der Waals surface area contributed by atoms with Gasteiger partial charge in [-0.25, -0.2) is 4.98 Å². The standard InChI is InChI=1S/C15H14N2O/c18-10-13-9-16-15(17-13)8-12-6-3-5-11-4-1-2-7-14(11)12/h1-7,9,18H,8,10H2,(H,16,17). The lowest BCUT2D eigenvalue weighted by atomic mass is 10.0. The van der Waals surface area contributed by atoms with Crippen molar-refractivity contribution < 1.29 is 5.11 Å². The Morgan fingerprint density at radius 2 is 1.89 bits per heavy atom. The van der Waals surface area contributed by atoms with Crippen molar-refractivity contribution in [2.24, 2.45) is 0 Å². The van der Waals surface area contributed by atoms with Crippen LogP contribution in [0, 0.1) is 0 Å². The predicted octanol–water partition coefficient (Wildman–Crippen LogP) is 2.65. The monoisotopic (exact) mass is 238 g/mol. The van der Waals surface area contributed by atoms with Crippen LogP contribution in [0.3, 0.4) is 0 Å². The first-order valence-electron chi connectivity index (χ1n) is 5.97. The zero-order chi connectivity index (χ0) is 12.4. The van der Waals surface area contributed by atoms with Crippen LogP contribution in [-0.4, -0.2) is 15.1 Å². The third-order valence-corrected chi connectivity index (χ3v) is 3.09. The van der Waals surface area contributed by atoms with Gasteiger partial charge < -0.3 is 10.1 Å². The number of aliphatic hydroxyl groups is 1. The molecule has 3 heteroatoms. The van der Waals surface area contributed by atoms with E-state index in [1.807, 2.05) is 12.1 Å². The zero-order valence-electron chi connectivity index (χ0n) is 9.93.